The third kappa shape index (κ3) is 5.70. The summed E-state index contributed by atoms with van der Waals surface area (Å²) in [5.74, 6) is -0.00939. The highest BCUT2D eigenvalue weighted by Gasteiger charge is 2.31. The van der Waals surface area contributed by atoms with Gasteiger partial charge in [0, 0.05) is 5.69 Å². The molecule has 152 valence electrons. The van der Waals surface area contributed by atoms with Gasteiger partial charge in [-0.3, -0.25) is 4.79 Å². The lowest BCUT2D eigenvalue weighted by Crippen LogP contribution is -2.33. The van der Waals surface area contributed by atoms with Crippen LogP contribution in [0.4, 0.5) is 18.9 Å². The standard InChI is InChI=1S/C18H19F3N2O4S/c1-3-27-16-8-7-14(9-12(16)2)23-17(24)11-22-28(25,26)15-6-4-5-13(10-15)18(19,20)21/h4-10,22H,3,11H2,1-2H3,(H,23,24). The average molecular weight is 416 g/mol. The zero-order valence-corrected chi connectivity index (χ0v) is 15.9. The van der Waals surface area contributed by atoms with Crippen LogP contribution in [0.15, 0.2) is 47.4 Å². The maximum Gasteiger partial charge on any atom is 0.416 e. The molecule has 0 aliphatic rings. The van der Waals surface area contributed by atoms with Gasteiger partial charge >= 0.3 is 6.18 Å². The molecule has 0 saturated heterocycles. The zero-order valence-electron chi connectivity index (χ0n) is 15.1. The fraction of sp³-hybridized carbons (Fsp3) is 0.278. The Balaban J connectivity index is 2.03. The van der Waals surface area contributed by atoms with Crippen molar-refractivity contribution >= 4 is 21.6 Å². The average Bonchev–Trinajstić information content (AvgIpc) is 2.62. The number of anilines is 1. The van der Waals surface area contributed by atoms with E-state index in [1.807, 2.05) is 11.6 Å². The summed E-state index contributed by atoms with van der Waals surface area (Å²) in [5, 5.41) is 2.51. The molecule has 28 heavy (non-hydrogen) atoms. The largest absolute Gasteiger partial charge is 0.494 e. The predicted molar refractivity (Wildman–Crippen MR) is 97.6 cm³/mol. The van der Waals surface area contributed by atoms with Gasteiger partial charge in [-0.2, -0.15) is 13.2 Å². The molecule has 0 saturated carbocycles. The zero-order chi connectivity index (χ0) is 20.9. The molecule has 10 heteroatoms. The van der Waals surface area contributed by atoms with Crippen molar-refractivity contribution < 1.29 is 31.1 Å². The van der Waals surface area contributed by atoms with Crippen LogP contribution < -0.4 is 14.8 Å². The Bertz CT molecular complexity index is 960. The molecular formula is C18H19F3N2O4S. The molecule has 2 aromatic carbocycles. The smallest absolute Gasteiger partial charge is 0.416 e. The molecular weight excluding hydrogens is 397 g/mol. The van der Waals surface area contributed by atoms with Gasteiger partial charge in [-0.1, -0.05) is 6.07 Å². The van der Waals surface area contributed by atoms with Gasteiger partial charge in [0.15, 0.2) is 0 Å². The number of carbonyl (C=O) groups is 1. The summed E-state index contributed by atoms with van der Waals surface area (Å²) in [7, 11) is -4.28. The predicted octanol–water partition coefficient (Wildman–Crippen LogP) is 3.33. The number of hydrogen-bond donors (Lipinski definition) is 2. The number of nitrogens with one attached hydrogen (secondary N) is 2. The minimum atomic E-state index is -4.67. The topological polar surface area (TPSA) is 84.5 Å². The molecule has 0 fully saturated rings. The van der Waals surface area contributed by atoms with Crippen LogP contribution in [0.5, 0.6) is 5.75 Å². The van der Waals surface area contributed by atoms with Crippen LogP contribution in [-0.2, 0) is 21.0 Å². The molecule has 0 radical (unpaired) electrons. The number of amides is 1. The van der Waals surface area contributed by atoms with Crippen molar-refractivity contribution in [1.29, 1.82) is 0 Å². The number of alkyl halides is 3. The summed E-state index contributed by atoms with van der Waals surface area (Å²) in [4.78, 5) is 11.4. The molecule has 1 amide bonds. The minimum absolute atomic E-state index is 0.434. The molecule has 2 N–H and O–H groups in total. The molecule has 0 unspecified atom stereocenters. The number of halogens is 3. The highest BCUT2D eigenvalue weighted by molar-refractivity contribution is 7.89. The van der Waals surface area contributed by atoms with Gasteiger partial charge < -0.3 is 10.1 Å². The Kier molecular flexibility index (Phi) is 6.68. The summed E-state index contributed by atoms with van der Waals surface area (Å²) in [6, 6.07) is 8.20. The van der Waals surface area contributed by atoms with Gasteiger partial charge in [-0.05, 0) is 55.8 Å². The van der Waals surface area contributed by atoms with Crippen molar-refractivity contribution in [2.75, 3.05) is 18.5 Å². The number of hydrogen-bond acceptors (Lipinski definition) is 4. The lowest BCUT2D eigenvalue weighted by atomic mass is 10.2. The van der Waals surface area contributed by atoms with E-state index in [4.69, 9.17) is 4.74 Å². The fourth-order valence-corrected chi connectivity index (χ4v) is 3.36. The van der Waals surface area contributed by atoms with Gasteiger partial charge in [0.25, 0.3) is 0 Å². The van der Waals surface area contributed by atoms with Gasteiger partial charge in [-0.15, -0.1) is 0 Å². The molecule has 6 nitrogen and oxygen atoms in total. The van der Waals surface area contributed by atoms with E-state index in [0.717, 1.165) is 23.8 Å². The Morgan fingerprint density at radius 1 is 1.14 bits per heavy atom. The van der Waals surface area contributed by atoms with Crippen LogP contribution in [0.25, 0.3) is 0 Å². The van der Waals surface area contributed by atoms with E-state index in [1.165, 1.54) is 0 Å². The first-order chi connectivity index (χ1) is 13.0. The monoisotopic (exact) mass is 416 g/mol. The molecule has 0 aromatic heterocycles. The first-order valence-corrected chi connectivity index (χ1v) is 9.71. The van der Waals surface area contributed by atoms with Crippen LogP contribution in [0.1, 0.15) is 18.1 Å². The van der Waals surface area contributed by atoms with Gasteiger partial charge in [-0.25, -0.2) is 13.1 Å². The van der Waals surface area contributed by atoms with Crippen LogP contribution in [0.2, 0.25) is 0 Å². The van der Waals surface area contributed by atoms with Crippen molar-refractivity contribution in [2.24, 2.45) is 0 Å². The van der Waals surface area contributed by atoms with E-state index in [1.54, 1.807) is 25.1 Å². The number of ether oxygens (including phenoxy) is 1. The molecule has 0 spiro atoms. The van der Waals surface area contributed by atoms with Gasteiger partial charge in [0.1, 0.15) is 5.75 Å². The Hall–Kier alpha value is -2.59. The Morgan fingerprint density at radius 2 is 1.86 bits per heavy atom. The van der Waals surface area contributed by atoms with Crippen LogP contribution >= 0.6 is 0 Å². The number of rotatable bonds is 7. The van der Waals surface area contributed by atoms with Crippen LogP contribution in [0, 0.1) is 6.92 Å². The Labute approximate surface area is 160 Å². The molecule has 0 heterocycles. The second-order valence-electron chi connectivity index (χ2n) is 5.81. The van der Waals surface area contributed by atoms with E-state index in [9.17, 15) is 26.4 Å². The second-order valence-corrected chi connectivity index (χ2v) is 7.58. The van der Waals surface area contributed by atoms with Crippen molar-refractivity contribution in [3.8, 4) is 5.75 Å². The third-order valence-corrected chi connectivity index (χ3v) is 5.05. The molecule has 2 aromatic rings. The van der Waals surface area contributed by atoms with Crippen LogP contribution in [-0.4, -0.2) is 27.5 Å². The second kappa shape index (κ2) is 8.61. The van der Waals surface area contributed by atoms with Gasteiger partial charge in [0.05, 0.1) is 23.6 Å². The summed E-state index contributed by atoms with van der Waals surface area (Å²) in [6.07, 6.45) is -4.67. The summed E-state index contributed by atoms with van der Waals surface area (Å²) in [5.41, 5.74) is 0.123. The van der Waals surface area contributed by atoms with E-state index in [-0.39, 0.29) is 0 Å². The normalized spacial score (nSPS) is 11.9. The summed E-state index contributed by atoms with van der Waals surface area (Å²) < 4.78 is 69.9. The molecule has 0 aliphatic heterocycles. The van der Waals surface area contributed by atoms with E-state index in [2.05, 4.69) is 5.32 Å². The summed E-state index contributed by atoms with van der Waals surface area (Å²) >= 11 is 0. The van der Waals surface area contributed by atoms with Crippen molar-refractivity contribution in [3.63, 3.8) is 0 Å². The lowest BCUT2D eigenvalue weighted by molar-refractivity contribution is -0.137. The maximum atomic E-state index is 12.7. The third-order valence-electron chi connectivity index (χ3n) is 3.65. The number of sulfonamides is 1. The lowest BCUT2D eigenvalue weighted by Gasteiger charge is -2.12. The minimum Gasteiger partial charge on any atom is -0.494 e. The molecule has 0 bridgehead atoms. The number of aryl methyl sites for hydroxylation is 1. The molecule has 2 rings (SSSR count). The van der Waals surface area contributed by atoms with E-state index in [0.29, 0.717) is 24.1 Å². The van der Waals surface area contributed by atoms with E-state index >= 15 is 0 Å². The van der Waals surface area contributed by atoms with Crippen LogP contribution in [0.3, 0.4) is 0 Å². The first kappa shape index (κ1) is 21.7. The maximum absolute atomic E-state index is 12.7. The highest BCUT2D eigenvalue weighted by atomic mass is 32.2. The van der Waals surface area contributed by atoms with Crippen molar-refractivity contribution in [2.45, 2.75) is 24.9 Å². The fourth-order valence-electron chi connectivity index (χ4n) is 2.33. The van der Waals surface area contributed by atoms with Crippen molar-refractivity contribution in [3.05, 3.63) is 53.6 Å². The number of carbonyl (C=O) groups excluding carboxylic acids is 1. The quantitative estimate of drug-likeness (QED) is 0.725. The molecule has 0 aliphatic carbocycles. The van der Waals surface area contributed by atoms with Gasteiger partial charge in [0.2, 0.25) is 15.9 Å². The first-order valence-electron chi connectivity index (χ1n) is 8.23. The van der Waals surface area contributed by atoms with E-state index < -0.39 is 39.1 Å². The SMILES string of the molecule is CCOc1ccc(NC(=O)CNS(=O)(=O)c2cccc(C(F)(F)F)c2)cc1C. The molecule has 0 atom stereocenters. The van der Waals surface area contributed by atoms with Crippen molar-refractivity contribution in [1.82, 2.24) is 4.72 Å². The Morgan fingerprint density at radius 3 is 2.46 bits per heavy atom. The highest BCUT2D eigenvalue weighted by Crippen LogP contribution is 2.30. The summed E-state index contributed by atoms with van der Waals surface area (Å²) in [6.45, 7) is 3.48. The number of benzene rings is 2.